The number of ether oxygens (including phenoxy) is 1. The highest BCUT2D eigenvalue weighted by atomic mass is 16.5. The van der Waals surface area contributed by atoms with Crippen LogP contribution in [0, 0.1) is 0 Å². The number of fused-ring (bicyclic) bond motifs is 1. The second-order valence-electron chi connectivity index (χ2n) is 11.2. The maximum atomic E-state index is 14.1. The fourth-order valence-electron chi connectivity index (χ4n) is 5.85. The van der Waals surface area contributed by atoms with Gasteiger partial charge in [0.2, 0.25) is 11.8 Å². The molecule has 1 saturated heterocycles. The highest BCUT2D eigenvalue weighted by molar-refractivity contribution is 5.88. The number of hydrogen-bond acceptors (Lipinski definition) is 4. The molecule has 0 unspecified atom stereocenters. The molecule has 1 heterocycles. The van der Waals surface area contributed by atoms with Crippen LogP contribution in [-0.4, -0.2) is 48.0 Å². The van der Waals surface area contributed by atoms with Crippen LogP contribution >= 0.6 is 0 Å². The third-order valence-corrected chi connectivity index (χ3v) is 8.10. The van der Waals surface area contributed by atoms with Gasteiger partial charge in [-0.3, -0.25) is 9.59 Å². The fraction of sp³-hybridized carbons (Fsp3) is 0.333. The van der Waals surface area contributed by atoms with Crippen molar-refractivity contribution in [3.8, 4) is 0 Å². The number of rotatable bonds is 13. The van der Waals surface area contributed by atoms with E-state index in [2.05, 4.69) is 35.6 Å². The molecule has 1 aliphatic heterocycles. The van der Waals surface area contributed by atoms with Crippen molar-refractivity contribution in [2.45, 2.75) is 63.3 Å². The highest BCUT2D eigenvalue weighted by Crippen LogP contribution is 2.27. The Morgan fingerprint density at radius 2 is 1.55 bits per heavy atom. The van der Waals surface area contributed by atoms with Crippen molar-refractivity contribution in [1.82, 2.24) is 10.2 Å². The summed E-state index contributed by atoms with van der Waals surface area (Å²) in [6, 6.07) is 33.9. The molecule has 0 saturated carbocycles. The van der Waals surface area contributed by atoms with Gasteiger partial charge in [-0.05, 0) is 65.8 Å². The average Bonchev–Trinajstić information content (AvgIpc) is 3.45. The minimum Gasteiger partial charge on any atom is -0.372 e. The predicted octanol–water partition coefficient (Wildman–Crippen LogP) is 5.43. The topological polar surface area (TPSA) is 84.7 Å². The van der Waals surface area contributed by atoms with Crippen molar-refractivity contribution in [2.75, 3.05) is 13.1 Å². The zero-order valence-electron chi connectivity index (χ0n) is 24.2. The number of likely N-dealkylation sites (tertiary alicyclic amines) is 1. The number of nitrogens with zero attached hydrogens (tertiary/aromatic N) is 1. The van der Waals surface area contributed by atoms with Crippen molar-refractivity contribution in [3.63, 3.8) is 0 Å². The van der Waals surface area contributed by atoms with Crippen LogP contribution in [0.3, 0.4) is 0 Å². The molecule has 6 heteroatoms. The Kier molecular flexibility index (Phi) is 10.4. The summed E-state index contributed by atoms with van der Waals surface area (Å²) in [5.74, 6) is -0.166. The quantitative estimate of drug-likeness (QED) is 0.227. The van der Waals surface area contributed by atoms with E-state index >= 15 is 0 Å². The Hall–Kier alpha value is -4.00. The van der Waals surface area contributed by atoms with Crippen LogP contribution in [0.1, 0.15) is 42.4 Å². The number of carbonyl (C=O) groups is 2. The van der Waals surface area contributed by atoms with Crippen LogP contribution in [0.25, 0.3) is 10.8 Å². The van der Waals surface area contributed by atoms with E-state index in [0.29, 0.717) is 39.0 Å². The molecule has 4 aromatic carbocycles. The lowest BCUT2D eigenvalue weighted by molar-refractivity contribution is -0.137. The van der Waals surface area contributed by atoms with Gasteiger partial charge in [0.1, 0.15) is 6.04 Å². The normalized spacial score (nSPS) is 17.3. The van der Waals surface area contributed by atoms with Crippen LogP contribution in [-0.2, 0) is 33.8 Å². The van der Waals surface area contributed by atoms with Gasteiger partial charge in [0, 0.05) is 25.4 Å². The van der Waals surface area contributed by atoms with E-state index in [0.717, 1.165) is 36.0 Å². The molecule has 0 aromatic heterocycles. The molecule has 0 aliphatic carbocycles. The van der Waals surface area contributed by atoms with Crippen molar-refractivity contribution in [1.29, 1.82) is 0 Å². The van der Waals surface area contributed by atoms with Crippen molar-refractivity contribution in [2.24, 2.45) is 5.73 Å². The lowest BCUT2D eigenvalue weighted by Crippen LogP contribution is -2.51. The standard InChI is InChI=1S/C36H41N3O3/c37-21-9-16-32-24-33(42-26-29-17-19-30-14-7-8-15-31(30)22-29)25-39(32)36(41)34(23-28-12-5-2-6-13-28)38-35(40)20-18-27-10-3-1-4-11-27/h1-8,10-15,17,19,22,32-34H,9,16,18,20-21,23-26,37H2,(H,38,40)/t32-,33+,34+/m0/s1. The van der Waals surface area contributed by atoms with Crippen LogP contribution in [0.15, 0.2) is 103 Å². The molecule has 3 atom stereocenters. The first-order valence-corrected chi connectivity index (χ1v) is 15.1. The SMILES string of the molecule is NCCC[C@H]1C[C@@H](OCc2ccc3ccccc3c2)CN1C(=O)[C@@H](Cc1ccccc1)NC(=O)CCc1ccccc1. The zero-order valence-corrected chi connectivity index (χ0v) is 24.2. The Morgan fingerprint density at radius 1 is 0.857 bits per heavy atom. The van der Waals surface area contributed by atoms with Gasteiger partial charge in [0.05, 0.1) is 12.7 Å². The smallest absolute Gasteiger partial charge is 0.245 e. The highest BCUT2D eigenvalue weighted by Gasteiger charge is 2.38. The summed E-state index contributed by atoms with van der Waals surface area (Å²) in [5, 5.41) is 5.48. The van der Waals surface area contributed by atoms with Crippen molar-refractivity contribution >= 4 is 22.6 Å². The summed E-state index contributed by atoms with van der Waals surface area (Å²) in [7, 11) is 0. The summed E-state index contributed by atoms with van der Waals surface area (Å²) in [5.41, 5.74) is 9.09. The molecule has 5 rings (SSSR count). The number of nitrogens with two attached hydrogens (primary N) is 1. The summed E-state index contributed by atoms with van der Waals surface area (Å²) in [6.45, 7) is 1.57. The minimum absolute atomic E-state index is 0.0298. The van der Waals surface area contributed by atoms with Crippen LogP contribution in [0.5, 0.6) is 0 Å². The van der Waals surface area contributed by atoms with E-state index in [1.54, 1.807) is 0 Å². The average molecular weight is 564 g/mol. The molecular weight excluding hydrogens is 522 g/mol. The molecule has 1 fully saturated rings. The Labute approximate surface area is 248 Å². The number of aryl methyl sites for hydroxylation is 1. The summed E-state index contributed by atoms with van der Waals surface area (Å²) in [4.78, 5) is 29.1. The zero-order chi connectivity index (χ0) is 29.1. The third-order valence-electron chi connectivity index (χ3n) is 8.10. The van der Waals surface area contributed by atoms with E-state index in [-0.39, 0.29) is 24.0 Å². The number of benzene rings is 4. The van der Waals surface area contributed by atoms with Gasteiger partial charge in [-0.1, -0.05) is 97.1 Å². The summed E-state index contributed by atoms with van der Waals surface area (Å²) >= 11 is 0. The molecule has 2 amide bonds. The van der Waals surface area contributed by atoms with Crippen molar-refractivity contribution in [3.05, 3.63) is 120 Å². The molecule has 0 radical (unpaired) electrons. The monoisotopic (exact) mass is 563 g/mol. The van der Waals surface area contributed by atoms with Gasteiger partial charge >= 0.3 is 0 Å². The number of carbonyl (C=O) groups excluding carboxylic acids is 2. The van der Waals surface area contributed by atoms with E-state index in [9.17, 15) is 9.59 Å². The molecule has 1 aliphatic rings. The number of hydrogen-bond donors (Lipinski definition) is 2. The van der Waals surface area contributed by atoms with Crippen LogP contribution in [0.4, 0.5) is 0 Å². The van der Waals surface area contributed by atoms with E-state index in [1.165, 1.54) is 10.8 Å². The van der Waals surface area contributed by atoms with Gasteiger partial charge in [0.15, 0.2) is 0 Å². The maximum Gasteiger partial charge on any atom is 0.245 e. The molecule has 0 bridgehead atoms. The maximum absolute atomic E-state index is 14.1. The predicted molar refractivity (Wildman–Crippen MR) is 168 cm³/mol. The van der Waals surface area contributed by atoms with E-state index in [1.807, 2.05) is 77.7 Å². The first kappa shape index (κ1) is 29.5. The number of nitrogens with one attached hydrogen (secondary N) is 1. The van der Waals surface area contributed by atoms with Gasteiger partial charge in [-0.15, -0.1) is 0 Å². The first-order chi connectivity index (χ1) is 20.6. The largest absolute Gasteiger partial charge is 0.372 e. The van der Waals surface area contributed by atoms with Crippen LogP contribution in [0.2, 0.25) is 0 Å². The third kappa shape index (κ3) is 8.05. The molecule has 4 aromatic rings. The molecule has 218 valence electrons. The summed E-state index contributed by atoms with van der Waals surface area (Å²) < 4.78 is 6.38. The van der Waals surface area contributed by atoms with Gasteiger partial charge in [-0.25, -0.2) is 0 Å². The molecule has 0 spiro atoms. The lowest BCUT2D eigenvalue weighted by atomic mass is 10.0. The van der Waals surface area contributed by atoms with E-state index < -0.39 is 6.04 Å². The second kappa shape index (κ2) is 14.8. The molecule has 3 N–H and O–H groups in total. The Balaban J connectivity index is 1.27. The number of amides is 2. The Morgan fingerprint density at radius 3 is 2.29 bits per heavy atom. The Bertz CT molecular complexity index is 1440. The van der Waals surface area contributed by atoms with Crippen molar-refractivity contribution < 1.29 is 14.3 Å². The van der Waals surface area contributed by atoms with Crippen LogP contribution < -0.4 is 11.1 Å². The fourth-order valence-corrected chi connectivity index (χ4v) is 5.85. The summed E-state index contributed by atoms with van der Waals surface area (Å²) in [6.07, 6.45) is 3.74. The van der Waals surface area contributed by atoms with E-state index in [4.69, 9.17) is 10.5 Å². The molecular formula is C36H41N3O3. The molecule has 6 nitrogen and oxygen atoms in total. The second-order valence-corrected chi connectivity index (χ2v) is 11.2. The lowest BCUT2D eigenvalue weighted by Gasteiger charge is -2.29. The minimum atomic E-state index is -0.643. The molecule has 42 heavy (non-hydrogen) atoms. The van der Waals surface area contributed by atoms with Gasteiger partial charge < -0.3 is 20.7 Å². The van der Waals surface area contributed by atoms with Gasteiger partial charge in [0.25, 0.3) is 0 Å². The first-order valence-electron chi connectivity index (χ1n) is 15.1. The van der Waals surface area contributed by atoms with Gasteiger partial charge in [-0.2, -0.15) is 0 Å².